The predicted octanol–water partition coefficient (Wildman–Crippen LogP) is 3.96. The van der Waals surface area contributed by atoms with Gasteiger partial charge in [0.2, 0.25) is 5.13 Å². The smallest absolute Gasteiger partial charge is 0.382 e. The van der Waals surface area contributed by atoms with Crippen LogP contribution in [0.1, 0.15) is 40.9 Å². The molecule has 0 spiro atoms. The fourth-order valence-electron chi connectivity index (χ4n) is 3.01. The van der Waals surface area contributed by atoms with Crippen molar-refractivity contribution in [3.8, 4) is 0 Å². The summed E-state index contributed by atoms with van der Waals surface area (Å²) in [5.74, 6) is 0.256. The number of urea groups is 1. The van der Waals surface area contributed by atoms with Crippen molar-refractivity contribution < 1.29 is 27.4 Å². The molecule has 1 aliphatic rings. The maximum Gasteiger partial charge on any atom is 0.416 e. The third-order valence-electron chi connectivity index (χ3n) is 4.49. The SMILES string of the molecule is COCC(NC(=O)Nc1nnc(C2CCOCC2)s1)c1cccc(C(F)(F)F)c1. The summed E-state index contributed by atoms with van der Waals surface area (Å²) in [6.07, 6.45) is -2.76. The van der Waals surface area contributed by atoms with Crippen molar-refractivity contribution in [2.24, 2.45) is 0 Å². The zero-order valence-corrected chi connectivity index (χ0v) is 16.5. The van der Waals surface area contributed by atoms with E-state index in [9.17, 15) is 18.0 Å². The van der Waals surface area contributed by atoms with Gasteiger partial charge in [-0.2, -0.15) is 13.2 Å². The van der Waals surface area contributed by atoms with E-state index in [1.54, 1.807) is 0 Å². The number of halogens is 3. The number of nitrogens with zero attached hydrogens (tertiary/aromatic N) is 2. The Hall–Kier alpha value is -2.24. The molecule has 3 rings (SSSR count). The van der Waals surface area contributed by atoms with Crippen LogP contribution in [0.4, 0.5) is 23.1 Å². The second kappa shape index (κ2) is 9.51. The normalized spacial score (nSPS) is 16.4. The number of anilines is 1. The highest BCUT2D eigenvalue weighted by Gasteiger charge is 2.31. The van der Waals surface area contributed by atoms with Gasteiger partial charge in [-0.05, 0) is 30.5 Å². The molecule has 1 saturated heterocycles. The first-order valence-corrected chi connectivity index (χ1v) is 9.83. The molecular weight excluding hydrogens is 409 g/mol. The third kappa shape index (κ3) is 5.87. The summed E-state index contributed by atoms with van der Waals surface area (Å²) in [6, 6.07) is 3.42. The number of carbonyl (C=O) groups is 1. The van der Waals surface area contributed by atoms with E-state index in [0.717, 1.165) is 30.0 Å². The maximum absolute atomic E-state index is 13.0. The van der Waals surface area contributed by atoms with Crippen molar-refractivity contribution >= 4 is 22.5 Å². The van der Waals surface area contributed by atoms with E-state index in [2.05, 4.69) is 20.8 Å². The summed E-state index contributed by atoms with van der Waals surface area (Å²) in [5, 5.41) is 14.5. The molecule has 2 aromatic rings. The van der Waals surface area contributed by atoms with Gasteiger partial charge in [-0.3, -0.25) is 5.32 Å². The van der Waals surface area contributed by atoms with Crippen molar-refractivity contribution in [3.05, 3.63) is 40.4 Å². The number of nitrogens with one attached hydrogen (secondary N) is 2. The molecule has 0 aliphatic carbocycles. The van der Waals surface area contributed by atoms with Crippen LogP contribution in [0.3, 0.4) is 0 Å². The maximum atomic E-state index is 13.0. The van der Waals surface area contributed by atoms with Gasteiger partial charge in [0.05, 0.1) is 18.2 Å². The Kier molecular flexibility index (Phi) is 7.04. The third-order valence-corrected chi connectivity index (χ3v) is 5.49. The second-order valence-corrected chi connectivity index (χ2v) is 7.57. The molecule has 1 fully saturated rings. The van der Waals surface area contributed by atoms with Crippen molar-refractivity contribution in [3.63, 3.8) is 0 Å². The number of carbonyl (C=O) groups excluding carboxylic acids is 1. The van der Waals surface area contributed by atoms with Crippen LogP contribution < -0.4 is 10.6 Å². The minimum Gasteiger partial charge on any atom is -0.382 e. The molecule has 1 unspecified atom stereocenters. The number of methoxy groups -OCH3 is 1. The molecule has 2 amide bonds. The molecular formula is C18H21F3N4O3S. The number of rotatable bonds is 6. The Bertz CT molecular complexity index is 825. The van der Waals surface area contributed by atoms with Crippen molar-refractivity contribution in [1.82, 2.24) is 15.5 Å². The molecule has 29 heavy (non-hydrogen) atoms. The van der Waals surface area contributed by atoms with Gasteiger partial charge in [0.1, 0.15) is 5.01 Å². The zero-order chi connectivity index (χ0) is 20.9. The van der Waals surface area contributed by atoms with Crippen LogP contribution in [0.25, 0.3) is 0 Å². The molecule has 0 radical (unpaired) electrons. The van der Waals surface area contributed by atoms with Crippen LogP contribution in [-0.2, 0) is 15.7 Å². The Labute approximate surface area is 169 Å². The average molecular weight is 430 g/mol. The van der Waals surface area contributed by atoms with Gasteiger partial charge in [-0.1, -0.05) is 23.5 Å². The highest BCUT2D eigenvalue weighted by molar-refractivity contribution is 7.15. The number of benzene rings is 1. The summed E-state index contributed by atoms with van der Waals surface area (Å²) in [6.45, 7) is 1.35. The van der Waals surface area contributed by atoms with E-state index < -0.39 is 23.8 Å². The van der Waals surface area contributed by atoms with Gasteiger partial charge < -0.3 is 14.8 Å². The molecule has 1 aromatic carbocycles. The van der Waals surface area contributed by atoms with E-state index in [0.29, 0.717) is 18.3 Å². The zero-order valence-electron chi connectivity index (χ0n) is 15.7. The number of hydrogen-bond acceptors (Lipinski definition) is 6. The van der Waals surface area contributed by atoms with Crippen LogP contribution in [-0.4, -0.2) is 43.2 Å². The highest BCUT2D eigenvalue weighted by Crippen LogP contribution is 2.32. The van der Waals surface area contributed by atoms with Crippen LogP contribution in [0.2, 0.25) is 0 Å². The second-order valence-electron chi connectivity index (χ2n) is 6.56. The lowest BCUT2D eigenvalue weighted by molar-refractivity contribution is -0.137. The van der Waals surface area contributed by atoms with Crippen LogP contribution in [0.5, 0.6) is 0 Å². The van der Waals surface area contributed by atoms with Crippen molar-refractivity contribution in [2.75, 3.05) is 32.2 Å². The number of ether oxygens (including phenoxy) is 2. The molecule has 11 heteroatoms. The van der Waals surface area contributed by atoms with E-state index >= 15 is 0 Å². The predicted molar refractivity (Wildman–Crippen MR) is 101 cm³/mol. The van der Waals surface area contributed by atoms with E-state index in [4.69, 9.17) is 9.47 Å². The topological polar surface area (TPSA) is 85.4 Å². The summed E-state index contributed by atoms with van der Waals surface area (Å²) < 4.78 is 49.3. The van der Waals surface area contributed by atoms with Gasteiger partial charge >= 0.3 is 12.2 Å². The lowest BCUT2D eigenvalue weighted by Gasteiger charge is -2.19. The Morgan fingerprint density at radius 3 is 2.79 bits per heavy atom. The molecule has 1 atom stereocenters. The molecule has 1 aliphatic heterocycles. The Balaban J connectivity index is 1.65. The number of alkyl halides is 3. The first kappa shape index (κ1) is 21.5. The summed E-state index contributed by atoms with van der Waals surface area (Å²) in [4.78, 5) is 12.4. The minimum absolute atomic E-state index is 0.0121. The standard InChI is InChI=1S/C18H21F3N4O3S/c1-27-10-14(12-3-2-4-13(9-12)18(19,20)21)22-16(26)23-17-25-24-15(29-17)11-5-7-28-8-6-11/h2-4,9,11,14H,5-8,10H2,1H3,(H2,22,23,25,26). The molecule has 2 heterocycles. The first-order valence-electron chi connectivity index (χ1n) is 9.01. The molecule has 0 bridgehead atoms. The average Bonchev–Trinajstić information content (AvgIpc) is 3.16. The van der Waals surface area contributed by atoms with Gasteiger partial charge in [0.15, 0.2) is 0 Å². The van der Waals surface area contributed by atoms with Gasteiger partial charge in [0, 0.05) is 26.2 Å². The molecule has 158 valence electrons. The van der Waals surface area contributed by atoms with Crippen LogP contribution in [0, 0.1) is 0 Å². The number of aromatic nitrogens is 2. The van der Waals surface area contributed by atoms with Gasteiger partial charge in [-0.15, -0.1) is 10.2 Å². The molecule has 7 nitrogen and oxygen atoms in total. The minimum atomic E-state index is -4.47. The van der Waals surface area contributed by atoms with Crippen molar-refractivity contribution in [1.29, 1.82) is 0 Å². The fraction of sp³-hybridized carbons (Fsp3) is 0.500. The van der Waals surface area contributed by atoms with E-state index in [1.807, 2.05) is 0 Å². The highest BCUT2D eigenvalue weighted by atomic mass is 32.1. The summed E-state index contributed by atoms with van der Waals surface area (Å²) >= 11 is 1.28. The van der Waals surface area contributed by atoms with Gasteiger partial charge in [-0.25, -0.2) is 4.79 Å². The largest absolute Gasteiger partial charge is 0.416 e. The fourth-order valence-corrected chi connectivity index (χ4v) is 3.91. The first-order chi connectivity index (χ1) is 13.9. The van der Waals surface area contributed by atoms with Crippen molar-refractivity contribution in [2.45, 2.75) is 31.0 Å². The van der Waals surface area contributed by atoms with Crippen LogP contribution in [0.15, 0.2) is 24.3 Å². The molecule has 2 N–H and O–H groups in total. The van der Waals surface area contributed by atoms with Crippen LogP contribution >= 0.6 is 11.3 Å². The number of amides is 2. The monoisotopic (exact) mass is 430 g/mol. The summed E-state index contributed by atoms with van der Waals surface area (Å²) in [7, 11) is 1.41. The number of hydrogen-bond donors (Lipinski definition) is 2. The molecule has 1 aromatic heterocycles. The molecule has 0 saturated carbocycles. The lowest BCUT2D eigenvalue weighted by atomic mass is 10.0. The Morgan fingerprint density at radius 2 is 2.10 bits per heavy atom. The quantitative estimate of drug-likeness (QED) is 0.725. The summed E-state index contributed by atoms with van der Waals surface area (Å²) in [5.41, 5.74) is -0.500. The lowest BCUT2D eigenvalue weighted by Crippen LogP contribution is -2.34. The van der Waals surface area contributed by atoms with Gasteiger partial charge in [0.25, 0.3) is 0 Å². The van der Waals surface area contributed by atoms with E-state index in [1.165, 1.54) is 30.6 Å². The van der Waals surface area contributed by atoms with E-state index in [-0.39, 0.29) is 18.1 Å². The Morgan fingerprint density at radius 1 is 1.34 bits per heavy atom.